The molecular formula is C14H16ClNO3S2. The standard InChI is InChI=1S/C14H16ClNO3S2/c1-2-12(17)10-16(11-6-4-3-5-7-11)21(18,19)14-9-8-13(15)20-14/h3-9,12,17H,2,10H2,1H3. The van der Waals surface area contributed by atoms with Gasteiger partial charge in [-0.05, 0) is 30.7 Å². The third-order valence-corrected chi connectivity index (χ3v) is 6.48. The van der Waals surface area contributed by atoms with Crippen molar-refractivity contribution in [1.82, 2.24) is 0 Å². The minimum absolute atomic E-state index is 0.0123. The summed E-state index contributed by atoms with van der Waals surface area (Å²) in [5.74, 6) is 0. The molecule has 1 heterocycles. The summed E-state index contributed by atoms with van der Waals surface area (Å²) in [4.78, 5) is 0. The molecule has 0 amide bonds. The first kappa shape index (κ1) is 16.3. The highest BCUT2D eigenvalue weighted by Gasteiger charge is 2.28. The van der Waals surface area contributed by atoms with Crippen LogP contribution in [0.1, 0.15) is 13.3 Å². The van der Waals surface area contributed by atoms with Crippen LogP contribution in [-0.2, 0) is 10.0 Å². The van der Waals surface area contributed by atoms with Crippen LogP contribution < -0.4 is 4.31 Å². The highest BCUT2D eigenvalue weighted by Crippen LogP contribution is 2.31. The minimum Gasteiger partial charge on any atom is -0.391 e. The van der Waals surface area contributed by atoms with Crippen molar-refractivity contribution in [2.75, 3.05) is 10.8 Å². The Bertz CT molecular complexity index is 685. The normalized spacial score (nSPS) is 13.1. The highest BCUT2D eigenvalue weighted by molar-refractivity contribution is 7.94. The number of para-hydroxylation sites is 1. The van der Waals surface area contributed by atoms with Gasteiger partial charge in [-0.25, -0.2) is 8.42 Å². The molecule has 21 heavy (non-hydrogen) atoms. The lowest BCUT2D eigenvalue weighted by Crippen LogP contribution is -2.37. The topological polar surface area (TPSA) is 57.6 Å². The smallest absolute Gasteiger partial charge is 0.273 e. The van der Waals surface area contributed by atoms with E-state index in [0.29, 0.717) is 16.4 Å². The molecule has 1 unspecified atom stereocenters. The molecule has 2 rings (SSSR count). The van der Waals surface area contributed by atoms with Crippen molar-refractivity contribution in [2.24, 2.45) is 0 Å². The Morgan fingerprint density at radius 2 is 1.90 bits per heavy atom. The van der Waals surface area contributed by atoms with E-state index in [4.69, 9.17) is 11.6 Å². The molecule has 1 N–H and O–H groups in total. The van der Waals surface area contributed by atoms with Gasteiger partial charge in [0.25, 0.3) is 10.0 Å². The molecule has 114 valence electrons. The predicted octanol–water partition coefficient (Wildman–Crippen LogP) is 3.37. The van der Waals surface area contributed by atoms with Gasteiger partial charge in [0, 0.05) is 0 Å². The second-order valence-corrected chi connectivity index (χ2v) is 8.30. The fraction of sp³-hybridized carbons (Fsp3) is 0.286. The molecule has 0 bridgehead atoms. The van der Waals surface area contributed by atoms with E-state index in [9.17, 15) is 13.5 Å². The van der Waals surface area contributed by atoms with Gasteiger partial charge in [-0.1, -0.05) is 36.7 Å². The molecule has 0 aliphatic heterocycles. The molecule has 0 aliphatic rings. The first-order valence-corrected chi connectivity index (χ1v) is 9.09. The van der Waals surface area contributed by atoms with Gasteiger partial charge in [-0.2, -0.15) is 0 Å². The summed E-state index contributed by atoms with van der Waals surface area (Å²) in [6.07, 6.45) is -0.250. The second kappa shape index (κ2) is 6.79. The number of benzene rings is 1. The Kier molecular flexibility index (Phi) is 5.27. The van der Waals surface area contributed by atoms with Gasteiger partial charge in [-0.15, -0.1) is 11.3 Å². The van der Waals surface area contributed by atoms with Crippen molar-refractivity contribution in [3.05, 3.63) is 46.8 Å². The Balaban J connectivity index is 2.44. The zero-order valence-electron chi connectivity index (χ0n) is 11.4. The SMILES string of the molecule is CCC(O)CN(c1ccccc1)S(=O)(=O)c1ccc(Cl)s1. The van der Waals surface area contributed by atoms with Gasteiger partial charge in [0.05, 0.1) is 22.7 Å². The van der Waals surface area contributed by atoms with E-state index in [1.807, 2.05) is 13.0 Å². The third-order valence-electron chi connectivity index (χ3n) is 2.98. The number of hydrogen-bond acceptors (Lipinski definition) is 4. The molecule has 7 heteroatoms. The fourth-order valence-electron chi connectivity index (χ4n) is 1.80. The lowest BCUT2D eigenvalue weighted by Gasteiger charge is -2.25. The van der Waals surface area contributed by atoms with Crippen LogP contribution in [0.2, 0.25) is 4.34 Å². The van der Waals surface area contributed by atoms with Crippen molar-refractivity contribution in [3.63, 3.8) is 0 Å². The lowest BCUT2D eigenvalue weighted by atomic mass is 10.2. The number of aliphatic hydroxyl groups is 1. The minimum atomic E-state index is -3.73. The summed E-state index contributed by atoms with van der Waals surface area (Å²) in [5, 5.41) is 9.88. The van der Waals surface area contributed by atoms with Gasteiger partial charge in [-0.3, -0.25) is 4.31 Å². The predicted molar refractivity (Wildman–Crippen MR) is 86.6 cm³/mol. The van der Waals surface area contributed by atoms with E-state index < -0.39 is 16.1 Å². The number of halogens is 1. The molecule has 1 aromatic heterocycles. The monoisotopic (exact) mass is 345 g/mol. The summed E-state index contributed by atoms with van der Waals surface area (Å²) in [7, 11) is -3.73. The van der Waals surface area contributed by atoms with Crippen LogP contribution in [0.15, 0.2) is 46.7 Å². The summed E-state index contributed by atoms with van der Waals surface area (Å²) in [5.41, 5.74) is 0.523. The quantitative estimate of drug-likeness (QED) is 0.873. The third kappa shape index (κ3) is 3.77. The van der Waals surface area contributed by atoms with E-state index in [1.54, 1.807) is 30.3 Å². The Labute approximate surface area is 133 Å². The average Bonchev–Trinajstić information content (AvgIpc) is 2.92. The molecular weight excluding hydrogens is 330 g/mol. The fourth-order valence-corrected chi connectivity index (χ4v) is 4.90. The molecule has 0 saturated heterocycles. The highest BCUT2D eigenvalue weighted by atomic mass is 35.5. The molecule has 1 atom stereocenters. The maximum Gasteiger partial charge on any atom is 0.273 e. The Hall–Kier alpha value is -1.08. The van der Waals surface area contributed by atoms with E-state index in [0.717, 1.165) is 11.3 Å². The van der Waals surface area contributed by atoms with Crippen LogP contribution in [0.25, 0.3) is 0 Å². The summed E-state index contributed by atoms with van der Waals surface area (Å²) < 4.78 is 27.3. The van der Waals surface area contributed by atoms with Crippen LogP contribution in [0.4, 0.5) is 5.69 Å². The van der Waals surface area contributed by atoms with Crippen LogP contribution in [0.3, 0.4) is 0 Å². The van der Waals surface area contributed by atoms with Crippen molar-refractivity contribution in [2.45, 2.75) is 23.7 Å². The molecule has 2 aromatic rings. The van der Waals surface area contributed by atoms with Gasteiger partial charge in [0.15, 0.2) is 0 Å². The van der Waals surface area contributed by atoms with E-state index >= 15 is 0 Å². The van der Waals surface area contributed by atoms with Gasteiger partial charge >= 0.3 is 0 Å². The number of hydrogen-bond donors (Lipinski definition) is 1. The Morgan fingerprint density at radius 3 is 2.43 bits per heavy atom. The average molecular weight is 346 g/mol. The number of nitrogens with zero attached hydrogens (tertiary/aromatic N) is 1. The summed E-state index contributed by atoms with van der Waals surface area (Å²) in [6, 6.07) is 11.8. The lowest BCUT2D eigenvalue weighted by molar-refractivity contribution is 0.179. The first-order valence-electron chi connectivity index (χ1n) is 6.46. The van der Waals surface area contributed by atoms with Crippen molar-refractivity contribution >= 4 is 38.6 Å². The van der Waals surface area contributed by atoms with Crippen LogP contribution >= 0.6 is 22.9 Å². The maximum absolute atomic E-state index is 12.8. The van der Waals surface area contributed by atoms with Crippen molar-refractivity contribution in [1.29, 1.82) is 0 Å². The number of rotatable bonds is 6. The molecule has 0 fully saturated rings. The number of thiophene rings is 1. The zero-order valence-corrected chi connectivity index (χ0v) is 13.8. The van der Waals surface area contributed by atoms with E-state index in [2.05, 4.69) is 0 Å². The van der Waals surface area contributed by atoms with E-state index in [1.165, 1.54) is 10.4 Å². The number of aliphatic hydroxyl groups excluding tert-OH is 1. The maximum atomic E-state index is 12.8. The first-order chi connectivity index (χ1) is 9.95. The van der Waals surface area contributed by atoms with Crippen LogP contribution in [0, 0.1) is 0 Å². The van der Waals surface area contributed by atoms with Gasteiger partial charge < -0.3 is 5.11 Å². The molecule has 4 nitrogen and oxygen atoms in total. The summed E-state index contributed by atoms with van der Waals surface area (Å²) in [6.45, 7) is 1.82. The molecule has 1 aromatic carbocycles. The van der Waals surface area contributed by atoms with Gasteiger partial charge in [0.1, 0.15) is 4.21 Å². The Morgan fingerprint density at radius 1 is 1.24 bits per heavy atom. The molecule has 0 radical (unpaired) electrons. The van der Waals surface area contributed by atoms with Crippen molar-refractivity contribution < 1.29 is 13.5 Å². The molecule has 0 aliphatic carbocycles. The number of anilines is 1. The largest absolute Gasteiger partial charge is 0.391 e. The zero-order chi connectivity index (χ0) is 15.5. The summed E-state index contributed by atoms with van der Waals surface area (Å²) >= 11 is 6.84. The second-order valence-electron chi connectivity index (χ2n) is 4.49. The molecule has 0 spiro atoms. The van der Waals surface area contributed by atoms with Crippen LogP contribution in [-0.4, -0.2) is 26.2 Å². The molecule has 0 saturated carbocycles. The van der Waals surface area contributed by atoms with E-state index in [-0.39, 0.29) is 10.8 Å². The van der Waals surface area contributed by atoms with Crippen LogP contribution in [0.5, 0.6) is 0 Å². The number of sulfonamides is 1. The van der Waals surface area contributed by atoms with Gasteiger partial charge in [0.2, 0.25) is 0 Å². The van der Waals surface area contributed by atoms with Crippen molar-refractivity contribution in [3.8, 4) is 0 Å².